The van der Waals surface area contributed by atoms with E-state index in [2.05, 4.69) is 16.0 Å². The molecule has 0 fully saturated rings. The number of phenolic OH excluding ortho intramolecular Hbond substituents is 1. The molecule has 0 bridgehead atoms. The number of hydrogen-bond donors (Lipinski definition) is 2. The minimum Gasteiger partial charge on any atom is -0.508 e. The molecule has 0 amide bonds. The van der Waals surface area contributed by atoms with Crippen LogP contribution < -0.4 is 0 Å². The zero-order valence-electron chi connectivity index (χ0n) is 14.8. The number of aryl methyl sites for hydroxylation is 1. The van der Waals surface area contributed by atoms with Crippen LogP contribution in [0.25, 0.3) is 16.5 Å². The molecule has 132 valence electrons. The van der Waals surface area contributed by atoms with Crippen molar-refractivity contribution in [2.45, 2.75) is 13.3 Å². The molecule has 26 heavy (non-hydrogen) atoms. The Balaban J connectivity index is 1.47. The lowest BCUT2D eigenvalue weighted by Gasteiger charge is -2.25. The van der Waals surface area contributed by atoms with Crippen LogP contribution in [0.15, 0.2) is 54.7 Å². The molecule has 4 heteroatoms. The Hall–Kier alpha value is -2.85. The number of aromatic hydroxyl groups is 1. The van der Waals surface area contributed by atoms with Crippen molar-refractivity contribution in [2.24, 2.45) is 0 Å². The number of fused-ring (bicyclic) bond motifs is 1. The van der Waals surface area contributed by atoms with Gasteiger partial charge in [0.25, 0.3) is 0 Å². The molecule has 0 radical (unpaired) electrons. The standard InChI is InChI=1S/C22H22N2O2/c1-15-3-2-4-20-22(15)19(13-23-20)21(26)14-24-11-9-17(10-12-24)16-5-7-18(25)8-6-16/h2-9,13,23,25H,10-12,14H2,1H3. The first kappa shape index (κ1) is 16.6. The van der Waals surface area contributed by atoms with Gasteiger partial charge >= 0.3 is 0 Å². The maximum Gasteiger partial charge on any atom is 0.178 e. The Morgan fingerprint density at radius 3 is 2.73 bits per heavy atom. The van der Waals surface area contributed by atoms with Gasteiger partial charge in [-0.2, -0.15) is 0 Å². The van der Waals surface area contributed by atoms with Crippen LogP contribution in [-0.4, -0.2) is 40.4 Å². The predicted octanol–water partition coefficient (Wildman–Crippen LogP) is 4.15. The van der Waals surface area contributed by atoms with Crippen LogP contribution in [0.4, 0.5) is 0 Å². The zero-order valence-corrected chi connectivity index (χ0v) is 14.8. The summed E-state index contributed by atoms with van der Waals surface area (Å²) in [5.41, 5.74) is 5.34. The van der Waals surface area contributed by atoms with Crippen LogP contribution in [0.3, 0.4) is 0 Å². The van der Waals surface area contributed by atoms with Crippen LogP contribution in [0, 0.1) is 6.92 Å². The fourth-order valence-electron chi connectivity index (χ4n) is 3.67. The summed E-state index contributed by atoms with van der Waals surface area (Å²) in [5, 5.41) is 10.5. The van der Waals surface area contributed by atoms with Crippen molar-refractivity contribution >= 4 is 22.3 Å². The number of rotatable bonds is 4. The second kappa shape index (κ2) is 6.81. The first-order chi connectivity index (χ1) is 12.6. The van der Waals surface area contributed by atoms with E-state index in [1.807, 2.05) is 43.5 Å². The number of nitrogens with zero attached hydrogens (tertiary/aromatic N) is 1. The van der Waals surface area contributed by atoms with Crippen molar-refractivity contribution in [1.29, 1.82) is 0 Å². The molecule has 2 heterocycles. The Bertz CT molecular complexity index is 983. The van der Waals surface area contributed by atoms with Gasteiger partial charge in [-0.05, 0) is 48.2 Å². The molecule has 2 N–H and O–H groups in total. The number of nitrogens with one attached hydrogen (secondary N) is 1. The molecule has 0 saturated heterocycles. The van der Waals surface area contributed by atoms with Gasteiger partial charge in [0.1, 0.15) is 5.75 Å². The van der Waals surface area contributed by atoms with Gasteiger partial charge in [0.2, 0.25) is 0 Å². The molecule has 0 spiro atoms. The molecular formula is C22H22N2O2. The Kier molecular flexibility index (Phi) is 4.35. The van der Waals surface area contributed by atoms with Crippen molar-refractivity contribution in [3.8, 4) is 5.75 Å². The van der Waals surface area contributed by atoms with E-state index in [9.17, 15) is 9.90 Å². The Morgan fingerprint density at radius 1 is 1.19 bits per heavy atom. The number of aromatic amines is 1. The summed E-state index contributed by atoms with van der Waals surface area (Å²) >= 11 is 0. The Labute approximate surface area is 152 Å². The first-order valence-electron chi connectivity index (χ1n) is 8.92. The van der Waals surface area contributed by atoms with E-state index in [1.165, 1.54) is 5.57 Å². The van der Waals surface area contributed by atoms with Crippen LogP contribution in [0.2, 0.25) is 0 Å². The molecule has 2 aromatic carbocycles. The number of hydrogen-bond acceptors (Lipinski definition) is 3. The van der Waals surface area contributed by atoms with Gasteiger partial charge in [-0.1, -0.05) is 30.3 Å². The van der Waals surface area contributed by atoms with Crippen molar-refractivity contribution in [2.75, 3.05) is 19.6 Å². The van der Waals surface area contributed by atoms with Crippen molar-refractivity contribution in [3.63, 3.8) is 0 Å². The average molecular weight is 346 g/mol. The number of H-pyrrole nitrogens is 1. The monoisotopic (exact) mass is 346 g/mol. The smallest absolute Gasteiger partial charge is 0.178 e. The van der Waals surface area contributed by atoms with E-state index in [0.29, 0.717) is 6.54 Å². The maximum absolute atomic E-state index is 12.8. The third-order valence-electron chi connectivity index (χ3n) is 5.11. The quantitative estimate of drug-likeness (QED) is 0.698. The fourth-order valence-corrected chi connectivity index (χ4v) is 3.67. The van der Waals surface area contributed by atoms with Crippen LogP contribution in [0.5, 0.6) is 5.75 Å². The van der Waals surface area contributed by atoms with Gasteiger partial charge in [0, 0.05) is 35.8 Å². The second-order valence-electron chi connectivity index (χ2n) is 6.88. The molecule has 4 rings (SSSR count). The minimum atomic E-state index is 0.159. The number of ketones is 1. The molecule has 4 nitrogen and oxygen atoms in total. The molecule has 3 aromatic rings. The van der Waals surface area contributed by atoms with Gasteiger partial charge in [-0.3, -0.25) is 9.69 Å². The largest absolute Gasteiger partial charge is 0.508 e. The molecule has 0 unspecified atom stereocenters. The summed E-state index contributed by atoms with van der Waals surface area (Å²) in [5.74, 6) is 0.443. The first-order valence-corrected chi connectivity index (χ1v) is 8.92. The highest BCUT2D eigenvalue weighted by Gasteiger charge is 2.19. The summed E-state index contributed by atoms with van der Waals surface area (Å²) in [6, 6.07) is 13.4. The average Bonchev–Trinajstić information content (AvgIpc) is 3.09. The summed E-state index contributed by atoms with van der Waals surface area (Å²) < 4.78 is 0. The third-order valence-corrected chi connectivity index (χ3v) is 5.11. The van der Waals surface area contributed by atoms with E-state index in [1.54, 1.807) is 12.1 Å². The molecule has 1 aliphatic rings. The number of phenols is 1. The van der Waals surface area contributed by atoms with E-state index in [4.69, 9.17) is 0 Å². The van der Waals surface area contributed by atoms with Gasteiger partial charge in [-0.25, -0.2) is 0 Å². The van der Waals surface area contributed by atoms with Crippen LogP contribution in [0.1, 0.15) is 27.9 Å². The lowest BCUT2D eigenvalue weighted by atomic mass is 9.99. The van der Waals surface area contributed by atoms with Crippen molar-refractivity contribution < 1.29 is 9.90 Å². The third kappa shape index (κ3) is 3.16. The van der Waals surface area contributed by atoms with Gasteiger partial charge in [0.05, 0.1) is 6.54 Å². The van der Waals surface area contributed by atoms with Gasteiger partial charge < -0.3 is 10.1 Å². The summed E-state index contributed by atoms with van der Waals surface area (Å²) in [6.07, 6.45) is 4.93. The van der Waals surface area contributed by atoms with E-state index in [0.717, 1.165) is 47.1 Å². The minimum absolute atomic E-state index is 0.159. The molecule has 0 aliphatic carbocycles. The van der Waals surface area contributed by atoms with E-state index in [-0.39, 0.29) is 11.5 Å². The second-order valence-corrected chi connectivity index (χ2v) is 6.88. The van der Waals surface area contributed by atoms with E-state index >= 15 is 0 Å². The van der Waals surface area contributed by atoms with E-state index < -0.39 is 0 Å². The molecule has 1 aliphatic heterocycles. The van der Waals surface area contributed by atoms with Crippen molar-refractivity contribution in [1.82, 2.24) is 9.88 Å². The maximum atomic E-state index is 12.8. The lowest BCUT2D eigenvalue weighted by Crippen LogP contribution is -2.33. The predicted molar refractivity (Wildman–Crippen MR) is 105 cm³/mol. The fraction of sp³-hybridized carbons (Fsp3) is 0.227. The number of aromatic nitrogens is 1. The normalized spacial score (nSPS) is 15.2. The zero-order chi connectivity index (χ0) is 18.1. The van der Waals surface area contributed by atoms with Crippen molar-refractivity contribution in [3.05, 3.63) is 71.4 Å². The summed E-state index contributed by atoms with van der Waals surface area (Å²) in [6.45, 7) is 4.10. The lowest BCUT2D eigenvalue weighted by molar-refractivity contribution is 0.0939. The number of Topliss-reactive ketones (excluding diaryl/α,β-unsaturated/α-hetero) is 1. The molecule has 0 saturated carbocycles. The number of benzene rings is 2. The Morgan fingerprint density at radius 2 is 2.00 bits per heavy atom. The molecular weight excluding hydrogens is 324 g/mol. The summed E-state index contributed by atoms with van der Waals surface area (Å²) in [7, 11) is 0. The van der Waals surface area contributed by atoms with Crippen LogP contribution in [-0.2, 0) is 0 Å². The van der Waals surface area contributed by atoms with Gasteiger partial charge in [0.15, 0.2) is 5.78 Å². The van der Waals surface area contributed by atoms with Gasteiger partial charge in [-0.15, -0.1) is 0 Å². The highest BCUT2D eigenvalue weighted by Crippen LogP contribution is 2.25. The van der Waals surface area contributed by atoms with Crippen LogP contribution >= 0.6 is 0 Å². The molecule has 1 aromatic heterocycles. The highest BCUT2D eigenvalue weighted by molar-refractivity contribution is 6.09. The number of carbonyl (C=O) groups excluding carboxylic acids is 1. The highest BCUT2D eigenvalue weighted by atomic mass is 16.3. The molecule has 0 atom stereocenters. The number of carbonyl (C=O) groups is 1. The SMILES string of the molecule is Cc1cccc2[nH]cc(C(=O)CN3CC=C(c4ccc(O)cc4)CC3)c12. The topological polar surface area (TPSA) is 56.3 Å². The summed E-state index contributed by atoms with van der Waals surface area (Å²) in [4.78, 5) is 18.2.